The Morgan fingerprint density at radius 2 is 1.82 bits per heavy atom. The molecule has 0 aromatic heterocycles. The zero-order valence-corrected chi connectivity index (χ0v) is 16.2. The lowest BCUT2D eigenvalue weighted by atomic mass is 10.1. The minimum absolute atomic E-state index is 0.185. The topological polar surface area (TPSA) is 74.2 Å². The Morgan fingerprint density at radius 1 is 1.11 bits per heavy atom. The number of hydrogen-bond acceptors (Lipinski definition) is 6. The number of aliphatic imine (C=N–C) groups is 1. The standard InChI is InChI=1S/C22H21NO5/c1-13(2)21(24)27-18-10-7-15(12-19(18)26-4)11-17-22(25)28-20(23-17)16-8-5-14(3)6-9-16/h5-13H,1-4H3/b17-11-. The van der Waals surface area contributed by atoms with E-state index in [2.05, 4.69) is 4.99 Å². The molecule has 0 aliphatic carbocycles. The summed E-state index contributed by atoms with van der Waals surface area (Å²) in [4.78, 5) is 28.3. The van der Waals surface area contributed by atoms with E-state index in [0.29, 0.717) is 17.1 Å². The second kappa shape index (κ2) is 8.08. The van der Waals surface area contributed by atoms with Crippen LogP contribution in [0.15, 0.2) is 53.2 Å². The number of cyclic esters (lactones) is 1. The van der Waals surface area contributed by atoms with Gasteiger partial charge in [-0.15, -0.1) is 0 Å². The van der Waals surface area contributed by atoms with Gasteiger partial charge in [0, 0.05) is 5.56 Å². The molecule has 0 fully saturated rings. The first-order valence-electron chi connectivity index (χ1n) is 8.86. The molecular weight excluding hydrogens is 358 g/mol. The summed E-state index contributed by atoms with van der Waals surface area (Å²) in [5.41, 5.74) is 2.69. The van der Waals surface area contributed by atoms with E-state index in [1.54, 1.807) is 38.1 Å². The van der Waals surface area contributed by atoms with Crippen LogP contribution in [0.25, 0.3) is 6.08 Å². The largest absolute Gasteiger partial charge is 0.493 e. The maximum Gasteiger partial charge on any atom is 0.363 e. The molecule has 0 saturated heterocycles. The normalized spacial score (nSPS) is 14.8. The van der Waals surface area contributed by atoms with Gasteiger partial charge >= 0.3 is 11.9 Å². The van der Waals surface area contributed by atoms with Crippen molar-refractivity contribution >= 4 is 23.9 Å². The number of aryl methyl sites for hydroxylation is 1. The molecule has 0 atom stereocenters. The highest BCUT2D eigenvalue weighted by atomic mass is 16.6. The second-order valence-corrected chi connectivity index (χ2v) is 6.69. The van der Waals surface area contributed by atoms with Crippen LogP contribution >= 0.6 is 0 Å². The van der Waals surface area contributed by atoms with E-state index in [4.69, 9.17) is 14.2 Å². The molecule has 1 heterocycles. The smallest absolute Gasteiger partial charge is 0.363 e. The lowest BCUT2D eigenvalue weighted by Gasteiger charge is -2.11. The molecule has 1 aliphatic heterocycles. The van der Waals surface area contributed by atoms with Gasteiger partial charge < -0.3 is 14.2 Å². The quantitative estimate of drug-likeness (QED) is 0.447. The number of hydrogen-bond donors (Lipinski definition) is 0. The molecule has 0 unspecified atom stereocenters. The zero-order valence-electron chi connectivity index (χ0n) is 16.2. The first-order chi connectivity index (χ1) is 13.4. The average molecular weight is 379 g/mol. The van der Waals surface area contributed by atoms with Crippen molar-refractivity contribution in [2.24, 2.45) is 10.9 Å². The SMILES string of the molecule is COc1cc(/C=C2\N=C(c3ccc(C)cc3)OC2=O)ccc1OC(=O)C(C)C. The van der Waals surface area contributed by atoms with E-state index in [1.165, 1.54) is 7.11 Å². The summed E-state index contributed by atoms with van der Waals surface area (Å²) in [6.45, 7) is 5.49. The van der Waals surface area contributed by atoms with Gasteiger partial charge in [0.2, 0.25) is 5.90 Å². The van der Waals surface area contributed by atoms with E-state index in [1.807, 2.05) is 31.2 Å². The molecule has 28 heavy (non-hydrogen) atoms. The molecule has 6 heteroatoms. The Balaban J connectivity index is 1.87. The highest BCUT2D eigenvalue weighted by molar-refractivity contribution is 6.12. The average Bonchev–Trinajstić information content (AvgIpc) is 3.03. The molecule has 0 saturated carbocycles. The third-order valence-electron chi connectivity index (χ3n) is 4.09. The van der Waals surface area contributed by atoms with Gasteiger partial charge in [0.05, 0.1) is 13.0 Å². The van der Waals surface area contributed by atoms with Crippen molar-refractivity contribution < 1.29 is 23.8 Å². The van der Waals surface area contributed by atoms with Crippen LogP contribution < -0.4 is 9.47 Å². The Morgan fingerprint density at radius 3 is 2.46 bits per heavy atom. The van der Waals surface area contributed by atoms with Crippen LogP contribution in [0.3, 0.4) is 0 Å². The van der Waals surface area contributed by atoms with Gasteiger partial charge in [-0.1, -0.05) is 37.6 Å². The number of ether oxygens (including phenoxy) is 3. The number of carbonyl (C=O) groups is 2. The van der Waals surface area contributed by atoms with Crippen molar-refractivity contribution in [3.05, 3.63) is 64.9 Å². The van der Waals surface area contributed by atoms with Crippen molar-refractivity contribution in [1.29, 1.82) is 0 Å². The predicted molar refractivity (Wildman–Crippen MR) is 105 cm³/mol. The fourth-order valence-electron chi connectivity index (χ4n) is 2.47. The van der Waals surface area contributed by atoms with Gasteiger partial charge in [-0.2, -0.15) is 0 Å². The Hall–Kier alpha value is -3.41. The minimum Gasteiger partial charge on any atom is -0.493 e. The van der Waals surface area contributed by atoms with Crippen molar-refractivity contribution in [1.82, 2.24) is 0 Å². The van der Waals surface area contributed by atoms with Crippen LogP contribution in [-0.4, -0.2) is 24.9 Å². The number of carbonyl (C=O) groups excluding carboxylic acids is 2. The number of rotatable bonds is 5. The molecule has 6 nitrogen and oxygen atoms in total. The molecular formula is C22H21NO5. The van der Waals surface area contributed by atoms with Crippen LogP contribution in [0.5, 0.6) is 11.5 Å². The van der Waals surface area contributed by atoms with Crippen molar-refractivity contribution in [3.8, 4) is 11.5 Å². The van der Waals surface area contributed by atoms with E-state index in [9.17, 15) is 9.59 Å². The fraction of sp³-hybridized carbons (Fsp3) is 0.227. The van der Waals surface area contributed by atoms with E-state index in [0.717, 1.165) is 11.1 Å². The number of benzene rings is 2. The van der Waals surface area contributed by atoms with Crippen LogP contribution in [-0.2, 0) is 14.3 Å². The Labute approximate surface area is 163 Å². The molecule has 0 N–H and O–H groups in total. The first kappa shape index (κ1) is 19.4. The molecule has 0 bridgehead atoms. The van der Waals surface area contributed by atoms with Gasteiger partial charge in [-0.05, 0) is 42.8 Å². The first-order valence-corrected chi connectivity index (χ1v) is 8.86. The van der Waals surface area contributed by atoms with E-state index >= 15 is 0 Å². The molecule has 0 amide bonds. The summed E-state index contributed by atoms with van der Waals surface area (Å²) in [7, 11) is 1.48. The van der Waals surface area contributed by atoms with Gasteiger partial charge in [-0.25, -0.2) is 9.79 Å². The van der Waals surface area contributed by atoms with Crippen LogP contribution in [0, 0.1) is 12.8 Å². The van der Waals surface area contributed by atoms with Crippen molar-refractivity contribution in [2.45, 2.75) is 20.8 Å². The number of nitrogens with zero attached hydrogens (tertiary/aromatic N) is 1. The molecule has 2 aromatic carbocycles. The third kappa shape index (κ3) is 4.28. The summed E-state index contributed by atoms with van der Waals surface area (Å²) in [6, 6.07) is 12.6. The lowest BCUT2D eigenvalue weighted by molar-refractivity contribution is -0.137. The van der Waals surface area contributed by atoms with E-state index in [-0.39, 0.29) is 23.5 Å². The summed E-state index contributed by atoms with van der Waals surface area (Å²) in [6.07, 6.45) is 1.60. The van der Waals surface area contributed by atoms with Gasteiger partial charge in [0.15, 0.2) is 17.2 Å². The molecule has 3 rings (SSSR count). The number of methoxy groups -OCH3 is 1. The van der Waals surface area contributed by atoms with E-state index < -0.39 is 5.97 Å². The van der Waals surface area contributed by atoms with Crippen LogP contribution in [0.1, 0.15) is 30.5 Å². The lowest BCUT2D eigenvalue weighted by Crippen LogP contribution is -2.15. The summed E-state index contributed by atoms with van der Waals surface area (Å²) < 4.78 is 15.9. The highest BCUT2D eigenvalue weighted by Crippen LogP contribution is 2.30. The predicted octanol–water partition coefficient (Wildman–Crippen LogP) is 3.91. The van der Waals surface area contributed by atoms with Gasteiger partial charge in [0.1, 0.15) is 0 Å². The second-order valence-electron chi connectivity index (χ2n) is 6.69. The highest BCUT2D eigenvalue weighted by Gasteiger charge is 2.24. The maximum absolute atomic E-state index is 12.2. The monoisotopic (exact) mass is 379 g/mol. The Bertz CT molecular complexity index is 971. The molecule has 144 valence electrons. The molecule has 0 radical (unpaired) electrons. The minimum atomic E-state index is -0.523. The summed E-state index contributed by atoms with van der Waals surface area (Å²) in [5, 5.41) is 0. The maximum atomic E-state index is 12.2. The zero-order chi connectivity index (χ0) is 20.3. The number of esters is 2. The van der Waals surface area contributed by atoms with Crippen molar-refractivity contribution in [3.63, 3.8) is 0 Å². The molecule has 0 spiro atoms. The van der Waals surface area contributed by atoms with Crippen molar-refractivity contribution in [2.75, 3.05) is 7.11 Å². The van der Waals surface area contributed by atoms with Crippen LogP contribution in [0.4, 0.5) is 0 Å². The third-order valence-corrected chi connectivity index (χ3v) is 4.09. The molecule has 1 aliphatic rings. The summed E-state index contributed by atoms with van der Waals surface area (Å²) >= 11 is 0. The van der Waals surface area contributed by atoms with Gasteiger partial charge in [-0.3, -0.25) is 4.79 Å². The van der Waals surface area contributed by atoms with Crippen LogP contribution in [0.2, 0.25) is 0 Å². The molecule has 2 aromatic rings. The fourth-order valence-corrected chi connectivity index (χ4v) is 2.47. The van der Waals surface area contributed by atoms with Gasteiger partial charge in [0.25, 0.3) is 0 Å². The summed E-state index contributed by atoms with van der Waals surface area (Å²) in [5.74, 6) is -0.153. The Kier molecular flexibility index (Phi) is 5.59.